The van der Waals surface area contributed by atoms with Gasteiger partial charge in [0.2, 0.25) is 5.91 Å². The van der Waals surface area contributed by atoms with E-state index in [1.165, 1.54) is 25.3 Å². The second kappa shape index (κ2) is 4.95. The van der Waals surface area contributed by atoms with E-state index >= 15 is 0 Å². The zero-order valence-electron chi connectivity index (χ0n) is 8.27. The quantitative estimate of drug-likeness (QED) is 0.589. The molecule has 4 nitrogen and oxygen atoms in total. The summed E-state index contributed by atoms with van der Waals surface area (Å²) >= 11 is 0. The Hall–Kier alpha value is -2.10. The monoisotopic (exact) mass is 205 g/mol. The lowest BCUT2D eigenvalue weighted by atomic mass is 10.1. The Balaban J connectivity index is 3.20. The van der Waals surface area contributed by atoms with Gasteiger partial charge in [0.25, 0.3) is 0 Å². The van der Waals surface area contributed by atoms with Gasteiger partial charge in [-0.15, -0.1) is 0 Å². The molecule has 1 amide bonds. The standard InChI is InChI=1S/C11H11NO3/c1-15-9-5-4-8(3-2-6-13)10(7-9)11(12)14/h2-7H,1H3,(H2,12,14). The van der Waals surface area contributed by atoms with Crippen molar-refractivity contribution in [1.29, 1.82) is 0 Å². The van der Waals surface area contributed by atoms with Gasteiger partial charge in [0.1, 0.15) is 12.0 Å². The van der Waals surface area contributed by atoms with Crippen molar-refractivity contribution in [3.63, 3.8) is 0 Å². The first-order chi connectivity index (χ1) is 7.19. The van der Waals surface area contributed by atoms with Gasteiger partial charge in [0.05, 0.1) is 7.11 Å². The van der Waals surface area contributed by atoms with E-state index in [1.54, 1.807) is 12.1 Å². The third-order valence-electron chi connectivity index (χ3n) is 1.88. The summed E-state index contributed by atoms with van der Waals surface area (Å²) in [5.41, 5.74) is 6.11. The number of rotatable bonds is 4. The summed E-state index contributed by atoms with van der Waals surface area (Å²) < 4.78 is 4.96. The highest BCUT2D eigenvalue weighted by Crippen LogP contribution is 2.18. The van der Waals surface area contributed by atoms with Crippen molar-refractivity contribution in [3.05, 3.63) is 35.4 Å². The zero-order valence-corrected chi connectivity index (χ0v) is 8.27. The molecule has 1 rings (SSSR count). The van der Waals surface area contributed by atoms with E-state index in [0.717, 1.165) is 0 Å². The molecule has 78 valence electrons. The minimum absolute atomic E-state index is 0.326. The fourth-order valence-electron chi connectivity index (χ4n) is 1.16. The highest BCUT2D eigenvalue weighted by molar-refractivity contribution is 5.97. The third kappa shape index (κ3) is 2.67. The number of amides is 1. The second-order valence-electron chi connectivity index (χ2n) is 2.81. The molecule has 0 heterocycles. The molecule has 0 spiro atoms. The molecule has 0 radical (unpaired) electrons. The summed E-state index contributed by atoms with van der Waals surface area (Å²) in [5, 5.41) is 0. The molecule has 4 heteroatoms. The lowest BCUT2D eigenvalue weighted by Crippen LogP contribution is -2.12. The second-order valence-corrected chi connectivity index (χ2v) is 2.81. The Morgan fingerprint density at radius 2 is 2.20 bits per heavy atom. The maximum Gasteiger partial charge on any atom is 0.249 e. The van der Waals surface area contributed by atoms with Crippen LogP contribution in [0.3, 0.4) is 0 Å². The van der Waals surface area contributed by atoms with Gasteiger partial charge in [-0.1, -0.05) is 12.1 Å². The van der Waals surface area contributed by atoms with Crippen molar-refractivity contribution in [2.75, 3.05) is 7.11 Å². The van der Waals surface area contributed by atoms with E-state index in [-0.39, 0.29) is 0 Å². The van der Waals surface area contributed by atoms with Crippen LogP contribution in [0.25, 0.3) is 6.08 Å². The molecular weight excluding hydrogens is 194 g/mol. The number of carbonyl (C=O) groups excluding carboxylic acids is 2. The van der Waals surface area contributed by atoms with Crippen LogP contribution >= 0.6 is 0 Å². The lowest BCUT2D eigenvalue weighted by molar-refractivity contribution is -0.104. The van der Waals surface area contributed by atoms with Gasteiger partial charge in [-0.2, -0.15) is 0 Å². The summed E-state index contributed by atoms with van der Waals surface area (Å²) in [7, 11) is 1.50. The van der Waals surface area contributed by atoms with Gasteiger partial charge in [0.15, 0.2) is 0 Å². The molecule has 1 aromatic rings. The van der Waals surface area contributed by atoms with Crippen LogP contribution in [0.2, 0.25) is 0 Å². The predicted molar refractivity (Wildman–Crippen MR) is 56.6 cm³/mol. The summed E-state index contributed by atoms with van der Waals surface area (Å²) in [6, 6.07) is 4.89. The minimum atomic E-state index is -0.556. The van der Waals surface area contributed by atoms with Gasteiger partial charge in [-0.3, -0.25) is 9.59 Å². The molecule has 0 unspecified atom stereocenters. The van der Waals surface area contributed by atoms with Crippen LogP contribution < -0.4 is 10.5 Å². The summed E-state index contributed by atoms with van der Waals surface area (Å²) in [5.74, 6) is -0.00787. The van der Waals surface area contributed by atoms with Crippen LogP contribution in [0.1, 0.15) is 15.9 Å². The van der Waals surface area contributed by atoms with Crippen LogP contribution in [0.5, 0.6) is 5.75 Å². The van der Waals surface area contributed by atoms with E-state index < -0.39 is 5.91 Å². The normalized spacial score (nSPS) is 10.2. The van der Waals surface area contributed by atoms with Crippen LogP contribution in [-0.2, 0) is 4.79 Å². The van der Waals surface area contributed by atoms with E-state index in [1.807, 2.05) is 0 Å². The van der Waals surface area contributed by atoms with E-state index in [4.69, 9.17) is 10.5 Å². The van der Waals surface area contributed by atoms with Crippen molar-refractivity contribution >= 4 is 18.3 Å². The van der Waals surface area contributed by atoms with Crippen LogP contribution in [0, 0.1) is 0 Å². The molecule has 0 aliphatic rings. The van der Waals surface area contributed by atoms with Crippen LogP contribution in [-0.4, -0.2) is 19.3 Å². The average Bonchev–Trinajstić information content (AvgIpc) is 2.26. The average molecular weight is 205 g/mol. The Morgan fingerprint density at radius 1 is 1.47 bits per heavy atom. The first-order valence-electron chi connectivity index (χ1n) is 4.28. The number of aldehydes is 1. The molecule has 0 saturated carbocycles. The largest absolute Gasteiger partial charge is 0.497 e. The van der Waals surface area contributed by atoms with Gasteiger partial charge in [-0.05, 0) is 23.8 Å². The number of benzene rings is 1. The molecule has 0 fully saturated rings. The first kappa shape index (κ1) is 11.0. The number of ether oxygens (including phenoxy) is 1. The molecule has 0 saturated heterocycles. The van der Waals surface area contributed by atoms with Crippen molar-refractivity contribution in [3.8, 4) is 5.75 Å². The summed E-state index contributed by atoms with van der Waals surface area (Å²) in [6.45, 7) is 0. The smallest absolute Gasteiger partial charge is 0.249 e. The van der Waals surface area contributed by atoms with E-state index in [2.05, 4.69) is 0 Å². The number of methoxy groups -OCH3 is 1. The highest BCUT2D eigenvalue weighted by Gasteiger charge is 2.07. The minimum Gasteiger partial charge on any atom is -0.497 e. The van der Waals surface area contributed by atoms with Crippen LogP contribution in [0.4, 0.5) is 0 Å². The molecule has 1 aromatic carbocycles. The molecule has 0 aliphatic heterocycles. The van der Waals surface area contributed by atoms with E-state index in [0.29, 0.717) is 23.2 Å². The van der Waals surface area contributed by atoms with Gasteiger partial charge >= 0.3 is 0 Å². The van der Waals surface area contributed by atoms with Gasteiger partial charge in [-0.25, -0.2) is 0 Å². The molecule has 2 N–H and O–H groups in total. The highest BCUT2D eigenvalue weighted by atomic mass is 16.5. The number of allylic oxidation sites excluding steroid dienone is 1. The molecule has 0 bridgehead atoms. The molecule has 0 aromatic heterocycles. The summed E-state index contributed by atoms with van der Waals surface area (Å²) in [6.07, 6.45) is 3.45. The van der Waals surface area contributed by atoms with Gasteiger partial charge < -0.3 is 10.5 Å². The number of primary amides is 1. The molecule has 0 atom stereocenters. The molecule has 0 aliphatic carbocycles. The van der Waals surface area contributed by atoms with Crippen LogP contribution in [0.15, 0.2) is 24.3 Å². The molecular formula is C11H11NO3. The van der Waals surface area contributed by atoms with Crippen molar-refractivity contribution in [2.45, 2.75) is 0 Å². The van der Waals surface area contributed by atoms with E-state index in [9.17, 15) is 9.59 Å². The number of carbonyl (C=O) groups is 2. The summed E-state index contributed by atoms with van der Waals surface area (Å²) in [4.78, 5) is 21.3. The number of hydrogen-bond acceptors (Lipinski definition) is 3. The number of nitrogens with two attached hydrogens (primary N) is 1. The first-order valence-corrected chi connectivity index (χ1v) is 4.28. The Kier molecular flexibility index (Phi) is 3.62. The number of hydrogen-bond donors (Lipinski definition) is 1. The Morgan fingerprint density at radius 3 is 2.73 bits per heavy atom. The third-order valence-corrected chi connectivity index (χ3v) is 1.88. The van der Waals surface area contributed by atoms with Crippen molar-refractivity contribution < 1.29 is 14.3 Å². The van der Waals surface area contributed by atoms with Gasteiger partial charge in [0, 0.05) is 5.56 Å². The fourth-order valence-corrected chi connectivity index (χ4v) is 1.16. The topological polar surface area (TPSA) is 69.4 Å². The SMILES string of the molecule is COc1ccc(C=CC=O)c(C(N)=O)c1. The lowest BCUT2D eigenvalue weighted by Gasteiger charge is -2.05. The Labute approximate surface area is 87.3 Å². The fraction of sp³-hybridized carbons (Fsp3) is 0.0909. The van der Waals surface area contributed by atoms with Crippen molar-refractivity contribution in [1.82, 2.24) is 0 Å². The molecule has 15 heavy (non-hydrogen) atoms. The Bertz CT molecular complexity index is 410. The maximum atomic E-state index is 11.1. The maximum absolute atomic E-state index is 11.1. The van der Waals surface area contributed by atoms with Crippen molar-refractivity contribution in [2.24, 2.45) is 5.73 Å². The predicted octanol–water partition coefficient (Wildman–Crippen LogP) is 1.01. The zero-order chi connectivity index (χ0) is 11.3.